The van der Waals surface area contributed by atoms with Crippen LogP contribution in [0.25, 0.3) is 10.9 Å². The standard InChI is InChI=1S/C28H36N4O/c1-5-31(6-2)25-18-23-24(17-19(25)3)29-27(21-11-12-21)30-28(23)32-15-13-20(14-16-32)22-9-7-8-10-26(22)33-4/h7-10,17-18,20-21H,5-6,11-16H2,1-4H3. The molecule has 5 heteroatoms. The molecule has 5 rings (SSSR count). The largest absolute Gasteiger partial charge is 0.496 e. The molecule has 0 bridgehead atoms. The highest BCUT2D eigenvalue weighted by Gasteiger charge is 2.30. The molecule has 1 saturated carbocycles. The maximum atomic E-state index is 5.65. The molecule has 1 aliphatic heterocycles. The Morgan fingerprint density at radius 3 is 2.36 bits per heavy atom. The number of aryl methyl sites for hydroxylation is 1. The maximum absolute atomic E-state index is 5.65. The van der Waals surface area contributed by atoms with Gasteiger partial charge in [-0.3, -0.25) is 0 Å². The van der Waals surface area contributed by atoms with E-state index in [1.54, 1.807) is 7.11 Å². The van der Waals surface area contributed by atoms with Crippen LogP contribution in [0.3, 0.4) is 0 Å². The molecule has 0 unspecified atom stereocenters. The summed E-state index contributed by atoms with van der Waals surface area (Å²) in [7, 11) is 1.77. The minimum absolute atomic E-state index is 0.530. The molecule has 2 heterocycles. The number of aromatic nitrogens is 2. The van der Waals surface area contributed by atoms with Crippen molar-refractivity contribution in [1.29, 1.82) is 0 Å². The molecule has 5 nitrogen and oxygen atoms in total. The second-order valence-corrected chi connectivity index (χ2v) is 9.51. The van der Waals surface area contributed by atoms with Crippen molar-refractivity contribution >= 4 is 22.4 Å². The first-order valence-electron chi connectivity index (χ1n) is 12.6. The van der Waals surface area contributed by atoms with Crippen LogP contribution >= 0.6 is 0 Å². The molecular formula is C28H36N4O. The van der Waals surface area contributed by atoms with E-state index in [4.69, 9.17) is 14.7 Å². The van der Waals surface area contributed by atoms with Crippen LogP contribution in [0.1, 0.15) is 68.3 Å². The van der Waals surface area contributed by atoms with Gasteiger partial charge in [0.2, 0.25) is 0 Å². The zero-order chi connectivity index (χ0) is 22.9. The molecule has 0 radical (unpaired) electrons. The van der Waals surface area contributed by atoms with Crippen LogP contribution < -0.4 is 14.5 Å². The third-order valence-electron chi connectivity index (χ3n) is 7.43. The lowest BCUT2D eigenvalue weighted by molar-refractivity contribution is 0.397. The van der Waals surface area contributed by atoms with Gasteiger partial charge in [0.1, 0.15) is 17.4 Å². The van der Waals surface area contributed by atoms with Crippen LogP contribution in [0, 0.1) is 6.92 Å². The zero-order valence-corrected chi connectivity index (χ0v) is 20.5. The third kappa shape index (κ3) is 4.25. The monoisotopic (exact) mass is 444 g/mol. The van der Waals surface area contributed by atoms with E-state index < -0.39 is 0 Å². The SMILES string of the molecule is CCN(CC)c1cc2c(N3CCC(c4ccccc4OC)CC3)nc(C3CC3)nc2cc1C. The highest BCUT2D eigenvalue weighted by molar-refractivity contribution is 5.93. The van der Waals surface area contributed by atoms with E-state index in [-0.39, 0.29) is 0 Å². The number of hydrogen-bond acceptors (Lipinski definition) is 5. The van der Waals surface area contributed by atoms with E-state index in [9.17, 15) is 0 Å². The van der Waals surface area contributed by atoms with E-state index in [2.05, 4.69) is 67.0 Å². The summed E-state index contributed by atoms with van der Waals surface area (Å²) in [6.07, 6.45) is 4.66. The molecule has 33 heavy (non-hydrogen) atoms. The lowest BCUT2D eigenvalue weighted by Gasteiger charge is -2.34. The van der Waals surface area contributed by atoms with Crippen molar-refractivity contribution in [2.24, 2.45) is 0 Å². The highest BCUT2D eigenvalue weighted by atomic mass is 16.5. The first-order valence-corrected chi connectivity index (χ1v) is 12.6. The van der Waals surface area contributed by atoms with Crippen molar-refractivity contribution in [3.05, 3.63) is 53.3 Å². The molecule has 1 aromatic heterocycles. The van der Waals surface area contributed by atoms with Gasteiger partial charge in [-0.15, -0.1) is 0 Å². The van der Waals surface area contributed by atoms with Crippen LogP contribution in [-0.4, -0.2) is 43.3 Å². The second kappa shape index (κ2) is 9.20. The van der Waals surface area contributed by atoms with E-state index >= 15 is 0 Å². The molecule has 1 saturated heterocycles. The third-order valence-corrected chi connectivity index (χ3v) is 7.43. The fourth-order valence-electron chi connectivity index (χ4n) is 5.35. The van der Waals surface area contributed by atoms with Gasteiger partial charge in [0.05, 0.1) is 12.6 Å². The first kappa shape index (κ1) is 22.0. The number of hydrogen-bond donors (Lipinski definition) is 0. The maximum Gasteiger partial charge on any atom is 0.140 e. The summed E-state index contributed by atoms with van der Waals surface area (Å²) in [4.78, 5) is 15.1. The van der Waals surface area contributed by atoms with Gasteiger partial charge in [0.25, 0.3) is 0 Å². The van der Waals surface area contributed by atoms with Crippen LogP contribution in [-0.2, 0) is 0 Å². The highest BCUT2D eigenvalue weighted by Crippen LogP contribution is 2.42. The molecular weight excluding hydrogens is 408 g/mol. The van der Waals surface area contributed by atoms with Gasteiger partial charge >= 0.3 is 0 Å². The number of benzene rings is 2. The fraction of sp³-hybridized carbons (Fsp3) is 0.500. The van der Waals surface area contributed by atoms with Gasteiger partial charge in [0, 0.05) is 43.2 Å². The molecule has 2 aromatic carbocycles. The van der Waals surface area contributed by atoms with Crippen LogP contribution in [0.4, 0.5) is 11.5 Å². The number of rotatable bonds is 7. The van der Waals surface area contributed by atoms with E-state index in [0.717, 1.165) is 61.9 Å². The normalized spacial score (nSPS) is 16.9. The van der Waals surface area contributed by atoms with Gasteiger partial charge in [-0.25, -0.2) is 9.97 Å². The summed E-state index contributed by atoms with van der Waals surface area (Å²) < 4.78 is 5.65. The number of para-hydroxylation sites is 1. The number of methoxy groups -OCH3 is 1. The van der Waals surface area contributed by atoms with Crippen molar-refractivity contribution in [3.8, 4) is 5.75 Å². The quantitative estimate of drug-likeness (QED) is 0.443. The molecule has 0 atom stereocenters. The molecule has 0 N–H and O–H groups in total. The summed E-state index contributed by atoms with van der Waals surface area (Å²) in [6, 6.07) is 13.1. The number of ether oxygens (including phenoxy) is 1. The minimum Gasteiger partial charge on any atom is -0.496 e. The Hall–Kier alpha value is -2.82. The number of nitrogens with zero attached hydrogens (tertiary/aromatic N) is 4. The Morgan fingerprint density at radius 2 is 1.70 bits per heavy atom. The Morgan fingerprint density at radius 1 is 0.970 bits per heavy atom. The summed E-state index contributed by atoms with van der Waals surface area (Å²) in [5.74, 6) is 4.26. The van der Waals surface area contributed by atoms with Gasteiger partial charge in [0.15, 0.2) is 0 Å². The Bertz CT molecular complexity index is 1130. The van der Waals surface area contributed by atoms with Crippen molar-refractivity contribution in [2.75, 3.05) is 43.1 Å². The molecule has 174 valence electrons. The topological polar surface area (TPSA) is 41.5 Å². The van der Waals surface area contributed by atoms with Crippen LogP contribution in [0.2, 0.25) is 0 Å². The van der Waals surface area contributed by atoms with E-state index in [0.29, 0.717) is 11.8 Å². The predicted molar refractivity (Wildman–Crippen MR) is 137 cm³/mol. The molecule has 3 aromatic rings. The Balaban J connectivity index is 1.49. The molecule has 0 spiro atoms. The van der Waals surface area contributed by atoms with Crippen LogP contribution in [0.15, 0.2) is 36.4 Å². The lowest BCUT2D eigenvalue weighted by atomic mass is 9.88. The van der Waals surface area contributed by atoms with E-state index in [1.807, 2.05) is 0 Å². The lowest BCUT2D eigenvalue weighted by Crippen LogP contribution is -2.34. The average molecular weight is 445 g/mol. The molecule has 1 aliphatic carbocycles. The molecule has 2 fully saturated rings. The average Bonchev–Trinajstić information content (AvgIpc) is 3.70. The van der Waals surface area contributed by atoms with Crippen molar-refractivity contribution in [1.82, 2.24) is 9.97 Å². The fourth-order valence-corrected chi connectivity index (χ4v) is 5.35. The van der Waals surface area contributed by atoms with E-state index in [1.165, 1.54) is 35.0 Å². The smallest absolute Gasteiger partial charge is 0.140 e. The predicted octanol–water partition coefficient (Wildman–Crippen LogP) is 6.05. The minimum atomic E-state index is 0.530. The van der Waals surface area contributed by atoms with Crippen LogP contribution in [0.5, 0.6) is 5.75 Å². The zero-order valence-electron chi connectivity index (χ0n) is 20.5. The van der Waals surface area contributed by atoms with Gasteiger partial charge < -0.3 is 14.5 Å². The van der Waals surface area contributed by atoms with Crippen molar-refractivity contribution in [2.45, 2.75) is 58.3 Å². The second-order valence-electron chi connectivity index (χ2n) is 9.51. The van der Waals surface area contributed by atoms with Crippen molar-refractivity contribution in [3.63, 3.8) is 0 Å². The molecule has 0 amide bonds. The summed E-state index contributed by atoms with van der Waals surface area (Å²) in [6.45, 7) is 10.7. The summed E-state index contributed by atoms with van der Waals surface area (Å²) in [5, 5.41) is 1.20. The first-order chi connectivity index (χ1) is 16.1. The van der Waals surface area contributed by atoms with Gasteiger partial charge in [-0.05, 0) is 81.7 Å². The van der Waals surface area contributed by atoms with Gasteiger partial charge in [-0.2, -0.15) is 0 Å². The number of anilines is 2. The number of fused-ring (bicyclic) bond motifs is 1. The number of piperidine rings is 1. The Labute approximate surface area is 197 Å². The van der Waals surface area contributed by atoms with Crippen molar-refractivity contribution < 1.29 is 4.74 Å². The summed E-state index contributed by atoms with van der Waals surface area (Å²) in [5.41, 5.74) is 5.04. The molecule has 2 aliphatic rings. The van der Waals surface area contributed by atoms with Gasteiger partial charge in [-0.1, -0.05) is 18.2 Å². The Kier molecular flexibility index (Phi) is 6.13. The summed E-state index contributed by atoms with van der Waals surface area (Å²) >= 11 is 0.